The Morgan fingerprint density at radius 1 is 1.20 bits per heavy atom. The monoisotopic (exact) mass is 411 g/mol. The van der Waals surface area contributed by atoms with E-state index in [1.54, 1.807) is 23.2 Å². The number of fused-ring (bicyclic) bond motifs is 1. The Morgan fingerprint density at radius 2 is 1.87 bits per heavy atom. The summed E-state index contributed by atoms with van der Waals surface area (Å²) in [5.41, 5.74) is 2.06. The van der Waals surface area contributed by atoms with Gasteiger partial charge in [-0.2, -0.15) is 0 Å². The van der Waals surface area contributed by atoms with E-state index in [1.807, 2.05) is 52.8 Å². The average Bonchev–Trinajstić information content (AvgIpc) is 3.09. The zero-order chi connectivity index (χ0) is 21.8. The summed E-state index contributed by atoms with van der Waals surface area (Å²) in [6.45, 7) is 8.41. The van der Waals surface area contributed by atoms with Crippen LogP contribution in [0.1, 0.15) is 49.3 Å². The van der Waals surface area contributed by atoms with E-state index in [1.165, 1.54) is 6.07 Å². The molecule has 2 aliphatic heterocycles. The van der Waals surface area contributed by atoms with Crippen LogP contribution < -0.4 is 10.4 Å². The molecule has 0 radical (unpaired) electrons. The molecule has 0 unspecified atom stereocenters. The molecule has 2 aliphatic rings. The van der Waals surface area contributed by atoms with Crippen LogP contribution in [0, 0.1) is 5.82 Å². The molecule has 1 aromatic carbocycles. The predicted octanol–water partition coefficient (Wildman–Crippen LogP) is 2.74. The molecule has 4 rings (SSSR count). The summed E-state index contributed by atoms with van der Waals surface area (Å²) in [6, 6.07) is 6.84. The van der Waals surface area contributed by atoms with Gasteiger partial charge in [-0.25, -0.2) is 4.39 Å². The van der Waals surface area contributed by atoms with Gasteiger partial charge in [-0.05, 0) is 57.4 Å². The number of benzene rings is 1. The Kier molecular flexibility index (Phi) is 4.90. The normalized spacial score (nSPS) is 19.4. The number of hydrogen-bond donors (Lipinski definition) is 0. The van der Waals surface area contributed by atoms with Crippen molar-refractivity contribution in [2.75, 3.05) is 19.0 Å². The van der Waals surface area contributed by atoms with Crippen molar-refractivity contribution in [2.24, 2.45) is 0 Å². The molecule has 1 amide bonds. The third-order valence-electron chi connectivity index (χ3n) is 6.30. The third kappa shape index (κ3) is 3.38. The minimum absolute atomic E-state index is 0.128. The SMILES string of the molecule is CN(C)c1cc(B2OC(C)(C)C(C)(C)O2)cc(F)c1CN1Cc2ncccc2C1=O. The summed E-state index contributed by atoms with van der Waals surface area (Å²) in [5.74, 6) is -0.514. The van der Waals surface area contributed by atoms with Crippen molar-refractivity contribution in [1.82, 2.24) is 9.88 Å². The molecule has 0 N–H and O–H groups in total. The van der Waals surface area contributed by atoms with Crippen molar-refractivity contribution in [2.45, 2.75) is 52.0 Å². The highest BCUT2D eigenvalue weighted by atomic mass is 19.1. The van der Waals surface area contributed by atoms with Crippen molar-refractivity contribution in [1.29, 1.82) is 0 Å². The Labute approximate surface area is 177 Å². The van der Waals surface area contributed by atoms with E-state index in [4.69, 9.17) is 9.31 Å². The molecule has 1 aromatic heterocycles. The number of amides is 1. The van der Waals surface area contributed by atoms with Crippen LogP contribution in [0.25, 0.3) is 0 Å². The lowest BCUT2D eigenvalue weighted by molar-refractivity contribution is 0.00578. The summed E-state index contributed by atoms with van der Waals surface area (Å²) < 4.78 is 27.5. The molecule has 0 atom stereocenters. The van der Waals surface area contributed by atoms with E-state index in [0.717, 1.165) is 5.69 Å². The lowest BCUT2D eigenvalue weighted by Gasteiger charge is -2.32. The summed E-state index contributed by atoms with van der Waals surface area (Å²) in [4.78, 5) is 20.5. The van der Waals surface area contributed by atoms with Crippen molar-refractivity contribution < 1.29 is 18.5 Å². The van der Waals surface area contributed by atoms with Crippen LogP contribution in [-0.4, -0.2) is 48.2 Å². The molecule has 0 bridgehead atoms. The predicted molar refractivity (Wildman–Crippen MR) is 114 cm³/mol. The maximum Gasteiger partial charge on any atom is 0.495 e. The maximum absolute atomic E-state index is 15.3. The fraction of sp³-hybridized carbons (Fsp3) is 0.455. The number of aromatic nitrogens is 1. The molecule has 0 spiro atoms. The van der Waals surface area contributed by atoms with Gasteiger partial charge in [-0.15, -0.1) is 0 Å². The Hall–Kier alpha value is -2.45. The fourth-order valence-electron chi connectivity index (χ4n) is 3.81. The van der Waals surface area contributed by atoms with Gasteiger partial charge in [0.25, 0.3) is 5.91 Å². The summed E-state index contributed by atoms with van der Waals surface area (Å²) in [7, 11) is 3.06. The standard InChI is InChI=1S/C22H27BFN3O3/c1-21(2)22(3,4)30-23(29-21)14-10-17(24)16(19(11-14)26(5)6)12-27-13-18-15(20(27)28)8-7-9-25-18/h7-11H,12-13H2,1-6H3. The number of carbonyl (C=O) groups excluding carboxylic acids is 1. The summed E-state index contributed by atoms with van der Waals surface area (Å²) in [5, 5.41) is 0. The molecule has 0 saturated carbocycles. The Bertz CT molecular complexity index is 993. The molecule has 30 heavy (non-hydrogen) atoms. The van der Waals surface area contributed by atoms with E-state index in [2.05, 4.69) is 4.98 Å². The highest BCUT2D eigenvalue weighted by molar-refractivity contribution is 6.62. The number of hydrogen-bond acceptors (Lipinski definition) is 5. The molecule has 158 valence electrons. The van der Waals surface area contributed by atoms with E-state index >= 15 is 4.39 Å². The average molecular weight is 411 g/mol. The second-order valence-corrected chi connectivity index (χ2v) is 9.14. The van der Waals surface area contributed by atoms with E-state index < -0.39 is 18.3 Å². The van der Waals surface area contributed by atoms with E-state index in [-0.39, 0.29) is 18.3 Å². The number of halogens is 1. The molecular weight excluding hydrogens is 384 g/mol. The van der Waals surface area contributed by atoms with Gasteiger partial charge in [0.1, 0.15) is 5.82 Å². The van der Waals surface area contributed by atoms with Crippen LogP contribution in [-0.2, 0) is 22.4 Å². The molecule has 3 heterocycles. The molecule has 8 heteroatoms. The van der Waals surface area contributed by atoms with Gasteiger partial charge in [0.15, 0.2) is 0 Å². The van der Waals surface area contributed by atoms with Gasteiger partial charge in [0.2, 0.25) is 0 Å². The number of carbonyl (C=O) groups is 1. The second-order valence-electron chi connectivity index (χ2n) is 9.14. The highest BCUT2D eigenvalue weighted by Crippen LogP contribution is 2.37. The third-order valence-corrected chi connectivity index (χ3v) is 6.30. The fourth-order valence-corrected chi connectivity index (χ4v) is 3.81. The van der Waals surface area contributed by atoms with Gasteiger partial charge in [0.05, 0.1) is 35.5 Å². The molecule has 1 fully saturated rings. The molecule has 1 saturated heterocycles. The Balaban J connectivity index is 1.65. The minimum atomic E-state index is -0.654. The molecule has 6 nitrogen and oxygen atoms in total. The van der Waals surface area contributed by atoms with Crippen molar-refractivity contribution in [3.05, 3.63) is 53.1 Å². The number of rotatable bonds is 4. The number of nitrogens with zero attached hydrogens (tertiary/aromatic N) is 3. The zero-order valence-electron chi connectivity index (χ0n) is 18.3. The quantitative estimate of drug-likeness (QED) is 0.725. The first-order valence-corrected chi connectivity index (χ1v) is 10.1. The topological polar surface area (TPSA) is 54.9 Å². The van der Waals surface area contributed by atoms with Crippen molar-refractivity contribution in [3.63, 3.8) is 0 Å². The smallest absolute Gasteiger partial charge is 0.399 e. The van der Waals surface area contributed by atoms with Crippen molar-refractivity contribution >= 4 is 24.2 Å². The minimum Gasteiger partial charge on any atom is -0.399 e. The van der Waals surface area contributed by atoms with Crippen LogP contribution in [0.5, 0.6) is 0 Å². The first-order valence-electron chi connectivity index (χ1n) is 10.1. The largest absolute Gasteiger partial charge is 0.495 e. The van der Waals surface area contributed by atoms with Crippen LogP contribution in [0.15, 0.2) is 30.5 Å². The van der Waals surface area contributed by atoms with Gasteiger partial charge in [-0.3, -0.25) is 9.78 Å². The highest BCUT2D eigenvalue weighted by Gasteiger charge is 2.52. The molecule has 2 aromatic rings. The summed E-state index contributed by atoms with van der Waals surface area (Å²) >= 11 is 0. The number of pyridine rings is 1. The van der Waals surface area contributed by atoms with Gasteiger partial charge in [0, 0.05) is 31.5 Å². The maximum atomic E-state index is 15.3. The van der Waals surface area contributed by atoms with Crippen LogP contribution in [0.4, 0.5) is 10.1 Å². The van der Waals surface area contributed by atoms with Gasteiger partial charge < -0.3 is 19.1 Å². The molecular formula is C22H27BFN3O3. The zero-order valence-corrected chi connectivity index (χ0v) is 18.3. The van der Waals surface area contributed by atoms with E-state index in [9.17, 15) is 4.79 Å². The lowest BCUT2D eigenvalue weighted by atomic mass is 9.78. The first-order chi connectivity index (χ1) is 14.0. The first kappa shape index (κ1) is 20.8. The van der Waals surface area contributed by atoms with Crippen LogP contribution in [0.2, 0.25) is 0 Å². The van der Waals surface area contributed by atoms with Gasteiger partial charge >= 0.3 is 7.12 Å². The van der Waals surface area contributed by atoms with Gasteiger partial charge in [-0.1, -0.05) is 0 Å². The Morgan fingerprint density at radius 3 is 2.47 bits per heavy atom. The number of anilines is 1. The summed E-state index contributed by atoms with van der Waals surface area (Å²) in [6.07, 6.45) is 1.67. The lowest BCUT2D eigenvalue weighted by Crippen LogP contribution is -2.41. The van der Waals surface area contributed by atoms with E-state index in [0.29, 0.717) is 28.8 Å². The van der Waals surface area contributed by atoms with Crippen molar-refractivity contribution in [3.8, 4) is 0 Å². The van der Waals surface area contributed by atoms with Crippen LogP contribution in [0.3, 0.4) is 0 Å². The van der Waals surface area contributed by atoms with Crippen LogP contribution >= 0.6 is 0 Å². The second kappa shape index (κ2) is 7.06. The molecule has 0 aliphatic carbocycles.